The van der Waals surface area contributed by atoms with E-state index in [1.165, 1.54) is 6.42 Å². The zero-order chi connectivity index (χ0) is 7.61. The van der Waals surface area contributed by atoms with Gasteiger partial charge >= 0.3 is 0 Å². The van der Waals surface area contributed by atoms with Crippen LogP contribution in [0.4, 0.5) is 0 Å². The molecule has 0 aromatic carbocycles. The monoisotopic (exact) mass is 143 g/mol. The Bertz CT molecular complexity index is 116. The number of aliphatic hydroxyl groups is 1. The van der Waals surface area contributed by atoms with E-state index in [-0.39, 0.29) is 0 Å². The molecule has 1 fully saturated rings. The lowest BCUT2D eigenvalue weighted by molar-refractivity contribution is -0.0365. The Balaban J connectivity index is 2.45. The predicted octanol–water partition coefficient (Wildman–Crippen LogP) is 1.10. The van der Waals surface area contributed by atoms with E-state index < -0.39 is 5.72 Å². The van der Waals surface area contributed by atoms with Crippen molar-refractivity contribution in [1.29, 1.82) is 0 Å². The van der Waals surface area contributed by atoms with Crippen molar-refractivity contribution < 1.29 is 5.11 Å². The van der Waals surface area contributed by atoms with Crippen LogP contribution in [0, 0.1) is 5.92 Å². The molecule has 0 amide bonds. The molecule has 0 aliphatic heterocycles. The molecule has 0 spiro atoms. The molecular formula is C8H17NO. The van der Waals surface area contributed by atoms with Gasteiger partial charge in [0.25, 0.3) is 0 Å². The molecule has 0 aromatic rings. The van der Waals surface area contributed by atoms with Gasteiger partial charge in [0.05, 0.1) is 0 Å². The second-order valence-electron chi connectivity index (χ2n) is 3.48. The van der Waals surface area contributed by atoms with Gasteiger partial charge < -0.3 is 5.11 Å². The van der Waals surface area contributed by atoms with Crippen LogP contribution in [0.25, 0.3) is 0 Å². The molecule has 0 bridgehead atoms. The average Bonchev–Trinajstić information content (AvgIpc) is 1.88. The van der Waals surface area contributed by atoms with Crippen LogP contribution in [0.5, 0.6) is 0 Å². The maximum Gasteiger partial charge on any atom is 0.116 e. The second-order valence-corrected chi connectivity index (χ2v) is 3.48. The van der Waals surface area contributed by atoms with Crippen LogP contribution in [0.2, 0.25) is 0 Å². The SMILES string of the molecule is CN[C@]1(O)CCC[C@H](C)C1. The van der Waals surface area contributed by atoms with Gasteiger partial charge in [-0.25, -0.2) is 0 Å². The zero-order valence-electron chi connectivity index (χ0n) is 6.85. The van der Waals surface area contributed by atoms with Crippen molar-refractivity contribution in [3.63, 3.8) is 0 Å². The van der Waals surface area contributed by atoms with Crippen molar-refractivity contribution in [3.05, 3.63) is 0 Å². The molecule has 2 N–H and O–H groups in total. The first kappa shape index (κ1) is 8.02. The first-order valence-electron chi connectivity index (χ1n) is 4.07. The molecule has 2 heteroatoms. The van der Waals surface area contributed by atoms with Crippen molar-refractivity contribution in [2.75, 3.05) is 7.05 Å². The van der Waals surface area contributed by atoms with Crippen LogP contribution >= 0.6 is 0 Å². The van der Waals surface area contributed by atoms with Crippen molar-refractivity contribution >= 4 is 0 Å². The van der Waals surface area contributed by atoms with E-state index in [1.807, 2.05) is 7.05 Å². The van der Waals surface area contributed by atoms with Gasteiger partial charge in [0.15, 0.2) is 0 Å². The van der Waals surface area contributed by atoms with Crippen LogP contribution in [0.1, 0.15) is 32.6 Å². The summed E-state index contributed by atoms with van der Waals surface area (Å²) >= 11 is 0. The topological polar surface area (TPSA) is 32.3 Å². The molecule has 1 aliphatic rings. The zero-order valence-corrected chi connectivity index (χ0v) is 6.85. The molecule has 2 atom stereocenters. The standard InChI is InChI=1S/C8H17NO/c1-7-4-3-5-8(10,6-7)9-2/h7,9-10H,3-6H2,1-2H3/t7-,8-/m0/s1. The largest absolute Gasteiger partial charge is 0.376 e. The Morgan fingerprint density at radius 1 is 1.60 bits per heavy atom. The molecule has 1 rings (SSSR count). The molecular weight excluding hydrogens is 126 g/mol. The van der Waals surface area contributed by atoms with Crippen LogP contribution in [0.3, 0.4) is 0 Å². The molecule has 1 saturated carbocycles. The van der Waals surface area contributed by atoms with Gasteiger partial charge in [-0.1, -0.05) is 13.3 Å². The first-order valence-corrected chi connectivity index (χ1v) is 4.07. The average molecular weight is 143 g/mol. The van der Waals surface area contributed by atoms with E-state index in [1.54, 1.807) is 0 Å². The summed E-state index contributed by atoms with van der Waals surface area (Å²) in [6.45, 7) is 2.20. The molecule has 0 saturated heterocycles. The summed E-state index contributed by atoms with van der Waals surface area (Å²) in [5.41, 5.74) is -0.558. The van der Waals surface area contributed by atoms with Gasteiger partial charge in [-0.3, -0.25) is 5.32 Å². The first-order chi connectivity index (χ1) is 4.66. The molecule has 60 valence electrons. The highest BCUT2D eigenvalue weighted by molar-refractivity contribution is 4.81. The predicted molar refractivity (Wildman–Crippen MR) is 41.6 cm³/mol. The second kappa shape index (κ2) is 2.89. The highest BCUT2D eigenvalue weighted by atomic mass is 16.3. The summed E-state index contributed by atoms with van der Waals surface area (Å²) in [5.74, 6) is 0.672. The summed E-state index contributed by atoms with van der Waals surface area (Å²) in [5, 5.41) is 12.7. The number of hydrogen-bond donors (Lipinski definition) is 2. The highest BCUT2D eigenvalue weighted by Gasteiger charge is 2.30. The van der Waals surface area contributed by atoms with Crippen molar-refractivity contribution in [3.8, 4) is 0 Å². The van der Waals surface area contributed by atoms with Crippen LogP contribution in [-0.2, 0) is 0 Å². The third kappa shape index (κ3) is 1.70. The van der Waals surface area contributed by atoms with Gasteiger partial charge in [-0.2, -0.15) is 0 Å². The Kier molecular flexibility index (Phi) is 2.32. The van der Waals surface area contributed by atoms with E-state index in [9.17, 15) is 5.11 Å². The van der Waals surface area contributed by atoms with Gasteiger partial charge in [-0.15, -0.1) is 0 Å². The van der Waals surface area contributed by atoms with Crippen LogP contribution in [-0.4, -0.2) is 17.9 Å². The summed E-state index contributed by atoms with van der Waals surface area (Å²) in [6, 6.07) is 0. The normalized spacial score (nSPS) is 41.7. The molecule has 1 aliphatic carbocycles. The Morgan fingerprint density at radius 2 is 2.30 bits per heavy atom. The summed E-state index contributed by atoms with van der Waals surface area (Å²) in [4.78, 5) is 0. The molecule has 10 heavy (non-hydrogen) atoms. The minimum absolute atomic E-state index is 0.558. The lowest BCUT2D eigenvalue weighted by atomic mass is 9.84. The van der Waals surface area contributed by atoms with E-state index in [0.717, 1.165) is 19.3 Å². The smallest absolute Gasteiger partial charge is 0.116 e. The fraction of sp³-hybridized carbons (Fsp3) is 1.00. The van der Waals surface area contributed by atoms with Crippen molar-refractivity contribution in [2.24, 2.45) is 5.92 Å². The lowest BCUT2D eigenvalue weighted by Crippen LogP contribution is -2.46. The number of hydrogen-bond acceptors (Lipinski definition) is 2. The lowest BCUT2D eigenvalue weighted by Gasteiger charge is -2.35. The van der Waals surface area contributed by atoms with Crippen molar-refractivity contribution in [1.82, 2.24) is 5.32 Å². The quantitative estimate of drug-likeness (QED) is 0.539. The molecule has 0 heterocycles. The molecule has 0 radical (unpaired) electrons. The van der Waals surface area contributed by atoms with Crippen molar-refractivity contribution in [2.45, 2.75) is 38.3 Å². The summed E-state index contributed by atoms with van der Waals surface area (Å²) in [6.07, 6.45) is 4.24. The fourth-order valence-corrected chi connectivity index (χ4v) is 1.75. The highest BCUT2D eigenvalue weighted by Crippen LogP contribution is 2.29. The molecule has 0 aromatic heterocycles. The summed E-state index contributed by atoms with van der Waals surface area (Å²) in [7, 11) is 1.83. The van der Waals surface area contributed by atoms with Gasteiger partial charge in [0.2, 0.25) is 0 Å². The maximum atomic E-state index is 9.74. The third-order valence-electron chi connectivity index (χ3n) is 2.44. The fourth-order valence-electron chi connectivity index (χ4n) is 1.75. The van der Waals surface area contributed by atoms with E-state index in [2.05, 4.69) is 12.2 Å². The van der Waals surface area contributed by atoms with Gasteiger partial charge in [0.1, 0.15) is 5.72 Å². The van der Waals surface area contributed by atoms with Crippen LogP contribution in [0.15, 0.2) is 0 Å². The minimum Gasteiger partial charge on any atom is -0.376 e. The maximum absolute atomic E-state index is 9.74. The van der Waals surface area contributed by atoms with Gasteiger partial charge in [-0.05, 0) is 32.2 Å². The van der Waals surface area contributed by atoms with E-state index in [0.29, 0.717) is 5.92 Å². The van der Waals surface area contributed by atoms with E-state index >= 15 is 0 Å². The minimum atomic E-state index is -0.558. The van der Waals surface area contributed by atoms with E-state index in [4.69, 9.17) is 0 Å². The molecule has 0 unspecified atom stereocenters. The Hall–Kier alpha value is -0.0800. The third-order valence-corrected chi connectivity index (χ3v) is 2.44. The van der Waals surface area contributed by atoms with Gasteiger partial charge in [0, 0.05) is 0 Å². The molecule has 2 nitrogen and oxygen atoms in total. The summed E-state index contributed by atoms with van der Waals surface area (Å²) < 4.78 is 0. The number of nitrogens with one attached hydrogen (secondary N) is 1. The Morgan fingerprint density at radius 3 is 2.70 bits per heavy atom. The Labute approximate surface area is 62.6 Å². The van der Waals surface area contributed by atoms with Crippen LogP contribution < -0.4 is 5.32 Å². The number of rotatable bonds is 1.